The topological polar surface area (TPSA) is 53.4 Å². The van der Waals surface area contributed by atoms with E-state index in [1.54, 1.807) is 6.20 Å². The van der Waals surface area contributed by atoms with Gasteiger partial charge in [-0.15, -0.1) is 0 Å². The van der Waals surface area contributed by atoms with E-state index in [4.69, 9.17) is 5.11 Å². The number of benzene rings is 3. The van der Waals surface area contributed by atoms with Gasteiger partial charge in [-0.05, 0) is 91.4 Å². The number of hydrogen-bond donors (Lipinski definition) is 1. The highest BCUT2D eigenvalue weighted by atomic mass is 19.1. The second-order valence-electron chi connectivity index (χ2n) is 10.7. The maximum atomic E-state index is 15.6. The molecule has 1 aliphatic heterocycles. The Balaban J connectivity index is 1.63. The molecular formula is C32H29F3N2O2. The summed E-state index contributed by atoms with van der Waals surface area (Å²) in [6.45, 7) is 4.83. The van der Waals surface area contributed by atoms with Crippen LogP contribution in [-0.2, 0) is 11.2 Å². The third kappa shape index (κ3) is 5.59. The molecule has 1 aromatic heterocycles. The second-order valence-corrected chi connectivity index (χ2v) is 10.7. The zero-order chi connectivity index (χ0) is 27.9. The number of carboxylic acid groups (broad SMARTS) is 1. The summed E-state index contributed by atoms with van der Waals surface area (Å²) in [5, 5.41) is 9.90. The van der Waals surface area contributed by atoms with E-state index in [0.717, 1.165) is 57.4 Å². The average molecular weight is 531 g/mol. The maximum absolute atomic E-state index is 15.6. The number of carbonyl (C=O) groups is 1. The summed E-state index contributed by atoms with van der Waals surface area (Å²) in [5.41, 5.74) is 2.85. The van der Waals surface area contributed by atoms with Crippen molar-refractivity contribution >= 4 is 22.9 Å². The van der Waals surface area contributed by atoms with Gasteiger partial charge in [0.25, 0.3) is 0 Å². The normalized spacial score (nSPS) is 18.0. The quantitative estimate of drug-likeness (QED) is 0.265. The lowest BCUT2D eigenvalue weighted by Crippen LogP contribution is -2.48. The van der Waals surface area contributed by atoms with Gasteiger partial charge < -0.3 is 5.11 Å². The lowest BCUT2D eigenvalue weighted by Gasteiger charge is -2.44. The molecule has 1 aliphatic rings. The third-order valence-corrected chi connectivity index (χ3v) is 7.14. The smallest absolute Gasteiger partial charge is 0.328 e. The molecule has 39 heavy (non-hydrogen) atoms. The molecule has 4 nitrogen and oxygen atoms in total. The van der Waals surface area contributed by atoms with E-state index < -0.39 is 29.3 Å². The molecule has 0 radical (unpaired) electrons. The molecule has 4 aromatic rings. The van der Waals surface area contributed by atoms with Crippen LogP contribution in [0.5, 0.6) is 0 Å². The van der Waals surface area contributed by atoms with Crippen molar-refractivity contribution in [3.63, 3.8) is 0 Å². The largest absolute Gasteiger partial charge is 0.478 e. The third-order valence-electron chi connectivity index (χ3n) is 7.14. The summed E-state index contributed by atoms with van der Waals surface area (Å²) in [5.74, 6) is -2.83. The number of nitrogens with zero attached hydrogens (tertiary/aromatic N) is 2. The molecule has 2 heterocycles. The van der Waals surface area contributed by atoms with E-state index in [-0.39, 0.29) is 23.7 Å². The van der Waals surface area contributed by atoms with E-state index in [1.165, 1.54) is 13.8 Å². The van der Waals surface area contributed by atoms with Gasteiger partial charge in [0.1, 0.15) is 17.3 Å². The summed E-state index contributed by atoms with van der Waals surface area (Å²) >= 11 is 0. The van der Waals surface area contributed by atoms with E-state index in [1.807, 2.05) is 54.3 Å². The molecule has 0 saturated carbocycles. The van der Waals surface area contributed by atoms with Crippen LogP contribution in [0.2, 0.25) is 0 Å². The molecule has 0 aliphatic carbocycles. The fraction of sp³-hybridized carbons (Fsp3) is 0.250. The van der Waals surface area contributed by atoms with Crippen LogP contribution < -0.4 is 0 Å². The standard InChI is InChI=1S/C32H29F3N2O2/c1-19-13-24-17-21(22-8-10-28-23(16-22)5-4-12-36-28)7-9-25(24)31(37(19)18-32(2,3)35)30-26(33)14-20(15-27(30)34)6-11-29(38)39/h4-12,14-17,19,31H,13,18H2,1-3H3,(H,38,39)/b11-6+/t19-,31+/m0/s1. The van der Waals surface area contributed by atoms with Crippen LogP contribution >= 0.6 is 0 Å². The molecule has 1 N–H and O–H groups in total. The fourth-order valence-corrected chi connectivity index (χ4v) is 5.48. The van der Waals surface area contributed by atoms with Crippen molar-refractivity contribution < 1.29 is 23.1 Å². The predicted octanol–water partition coefficient (Wildman–Crippen LogP) is 7.36. The predicted molar refractivity (Wildman–Crippen MR) is 147 cm³/mol. The Morgan fingerprint density at radius 2 is 1.77 bits per heavy atom. The van der Waals surface area contributed by atoms with Gasteiger partial charge in [0, 0.05) is 35.8 Å². The molecule has 200 valence electrons. The van der Waals surface area contributed by atoms with Gasteiger partial charge in [-0.1, -0.05) is 30.3 Å². The van der Waals surface area contributed by atoms with Crippen LogP contribution in [0.4, 0.5) is 13.2 Å². The SMILES string of the molecule is C[C@H]1Cc2cc(-c3ccc4ncccc4c3)ccc2[C@H](c2c(F)cc(/C=C/C(=O)O)cc2F)N1CC(C)(C)F. The summed E-state index contributed by atoms with van der Waals surface area (Å²) in [4.78, 5) is 17.1. The van der Waals surface area contributed by atoms with Crippen LogP contribution in [0.25, 0.3) is 28.1 Å². The number of fused-ring (bicyclic) bond motifs is 2. The first-order chi connectivity index (χ1) is 18.5. The molecule has 0 amide bonds. The van der Waals surface area contributed by atoms with E-state index in [9.17, 15) is 9.18 Å². The number of halogens is 3. The van der Waals surface area contributed by atoms with Crippen LogP contribution in [0, 0.1) is 11.6 Å². The molecule has 7 heteroatoms. The first kappa shape index (κ1) is 26.6. The average Bonchev–Trinajstić information content (AvgIpc) is 2.87. The number of aliphatic carboxylic acids is 1. The number of carboxylic acids is 1. The van der Waals surface area contributed by atoms with Crippen LogP contribution in [-0.4, -0.2) is 39.2 Å². The van der Waals surface area contributed by atoms with Crippen molar-refractivity contribution in [2.45, 2.75) is 44.9 Å². The first-order valence-corrected chi connectivity index (χ1v) is 12.8. The minimum Gasteiger partial charge on any atom is -0.478 e. The molecular weight excluding hydrogens is 501 g/mol. The van der Waals surface area contributed by atoms with Gasteiger partial charge in [-0.25, -0.2) is 18.0 Å². The summed E-state index contributed by atoms with van der Waals surface area (Å²) in [6.07, 6.45) is 4.31. The van der Waals surface area contributed by atoms with Crippen molar-refractivity contribution in [2.24, 2.45) is 0 Å². The van der Waals surface area contributed by atoms with Gasteiger partial charge in [0.2, 0.25) is 0 Å². The number of rotatable bonds is 6. The Morgan fingerprint density at radius 1 is 1.08 bits per heavy atom. The van der Waals surface area contributed by atoms with Crippen molar-refractivity contribution in [2.75, 3.05) is 6.54 Å². The molecule has 0 spiro atoms. The molecule has 0 unspecified atom stereocenters. The Morgan fingerprint density at radius 3 is 2.46 bits per heavy atom. The van der Waals surface area contributed by atoms with Crippen molar-refractivity contribution in [1.29, 1.82) is 0 Å². The summed E-state index contributed by atoms with van der Waals surface area (Å²) in [6, 6.07) is 17.0. The van der Waals surface area contributed by atoms with Crippen molar-refractivity contribution in [1.82, 2.24) is 9.88 Å². The maximum Gasteiger partial charge on any atom is 0.328 e. The minimum atomic E-state index is -1.60. The molecule has 0 bridgehead atoms. The Bertz CT molecular complexity index is 1570. The number of alkyl halides is 1. The lowest BCUT2D eigenvalue weighted by atomic mass is 9.82. The second kappa shape index (κ2) is 10.3. The number of aromatic nitrogens is 1. The zero-order valence-corrected chi connectivity index (χ0v) is 22.0. The van der Waals surface area contributed by atoms with E-state index in [0.29, 0.717) is 6.42 Å². The van der Waals surface area contributed by atoms with Gasteiger partial charge >= 0.3 is 5.97 Å². The van der Waals surface area contributed by atoms with Gasteiger partial charge in [-0.3, -0.25) is 9.88 Å². The highest BCUT2D eigenvalue weighted by molar-refractivity contribution is 5.85. The van der Waals surface area contributed by atoms with Crippen LogP contribution in [0.1, 0.15) is 49.1 Å². The highest BCUT2D eigenvalue weighted by Gasteiger charge is 2.39. The Kier molecular flexibility index (Phi) is 7.03. The van der Waals surface area contributed by atoms with E-state index >= 15 is 8.78 Å². The summed E-state index contributed by atoms with van der Waals surface area (Å²) < 4.78 is 46.2. The molecule has 2 atom stereocenters. The molecule has 3 aromatic carbocycles. The number of hydrogen-bond acceptors (Lipinski definition) is 3. The van der Waals surface area contributed by atoms with Crippen molar-refractivity contribution in [3.05, 3.63) is 107 Å². The molecule has 5 rings (SSSR count). The monoisotopic (exact) mass is 530 g/mol. The zero-order valence-electron chi connectivity index (χ0n) is 22.0. The van der Waals surface area contributed by atoms with E-state index in [2.05, 4.69) is 11.1 Å². The van der Waals surface area contributed by atoms with Gasteiger partial charge in [0.05, 0.1) is 11.6 Å². The van der Waals surface area contributed by atoms with Gasteiger partial charge in [-0.2, -0.15) is 0 Å². The fourth-order valence-electron chi connectivity index (χ4n) is 5.48. The summed E-state index contributed by atoms with van der Waals surface area (Å²) in [7, 11) is 0. The van der Waals surface area contributed by atoms with Gasteiger partial charge in [0.15, 0.2) is 0 Å². The molecule has 0 fully saturated rings. The van der Waals surface area contributed by atoms with Crippen molar-refractivity contribution in [3.8, 4) is 11.1 Å². The minimum absolute atomic E-state index is 0.0166. The van der Waals surface area contributed by atoms with Crippen LogP contribution in [0.15, 0.2) is 72.9 Å². The first-order valence-electron chi connectivity index (χ1n) is 12.8. The lowest BCUT2D eigenvalue weighted by molar-refractivity contribution is -0.131. The highest BCUT2D eigenvalue weighted by Crippen LogP contribution is 2.42. The Hall–Kier alpha value is -3.97. The Labute approximate surface area is 225 Å². The number of pyridine rings is 1. The molecule has 0 saturated heterocycles. The van der Waals surface area contributed by atoms with Crippen LogP contribution in [0.3, 0.4) is 0 Å².